The van der Waals surface area contributed by atoms with Gasteiger partial charge in [0.1, 0.15) is 5.75 Å². The summed E-state index contributed by atoms with van der Waals surface area (Å²) in [5.74, 6) is -0.525. The minimum atomic E-state index is -0.652. The maximum atomic E-state index is 13.0. The fraction of sp³-hybridized carbons (Fsp3) is 0.0455. The SMILES string of the molecule is COc1ccc(C2=C(OC(=O)c3cccnc3)C(=O)Nc3ccccc3S2)cc1. The third kappa shape index (κ3) is 4.00. The van der Waals surface area contributed by atoms with Gasteiger partial charge < -0.3 is 14.8 Å². The zero-order chi connectivity index (χ0) is 20.2. The summed E-state index contributed by atoms with van der Waals surface area (Å²) >= 11 is 1.36. The van der Waals surface area contributed by atoms with Gasteiger partial charge in [0.15, 0.2) is 0 Å². The van der Waals surface area contributed by atoms with E-state index in [4.69, 9.17) is 9.47 Å². The average molecular weight is 404 g/mol. The molecule has 144 valence electrons. The highest BCUT2D eigenvalue weighted by molar-refractivity contribution is 8.08. The van der Waals surface area contributed by atoms with Gasteiger partial charge in [-0.05, 0) is 42.0 Å². The summed E-state index contributed by atoms with van der Waals surface area (Å²) in [6.45, 7) is 0. The van der Waals surface area contributed by atoms with E-state index in [0.29, 0.717) is 16.3 Å². The maximum Gasteiger partial charge on any atom is 0.345 e. The Morgan fingerprint density at radius 2 is 1.83 bits per heavy atom. The van der Waals surface area contributed by atoms with Crippen molar-refractivity contribution in [3.63, 3.8) is 0 Å². The maximum absolute atomic E-state index is 13.0. The van der Waals surface area contributed by atoms with Crippen molar-refractivity contribution in [2.24, 2.45) is 0 Å². The molecule has 7 heteroatoms. The van der Waals surface area contributed by atoms with Gasteiger partial charge in [0, 0.05) is 17.3 Å². The molecule has 0 fully saturated rings. The van der Waals surface area contributed by atoms with Crippen LogP contribution in [0, 0.1) is 0 Å². The summed E-state index contributed by atoms with van der Waals surface area (Å²) in [4.78, 5) is 30.9. The van der Waals surface area contributed by atoms with E-state index in [1.807, 2.05) is 30.3 Å². The van der Waals surface area contributed by atoms with Crippen LogP contribution in [0.2, 0.25) is 0 Å². The molecule has 2 aromatic carbocycles. The Labute approximate surface area is 171 Å². The van der Waals surface area contributed by atoms with E-state index in [1.165, 1.54) is 18.0 Å². The van der Waals surface area contributed by atoms with Gasteiger partial charge in [0.2, 0.25) is 5.76 Å². The monoisotopic (exact) mass is 404 g/mol. The molecule has 1 aliphatic rings. The van der Waals surface area contributed by atoms with Crippen molar-refractivity contribution in [1.82, 2.24) is 4.98 Å². The number of pyridine rings is 1. The molecule has 1 N–H and O–H groups in total. The van der Waals surface area contributed by atoms with Crippen LogP contribution >= 0.6 is 11.8 Å². The molecule has 1 aromatic heterocycles. The number of para-hydroxylation sites is 1. The third-order valence-corrected chi connectivity index (χ3v) is 5.41. The quantitative estimate of drug-likeness (QED) is 0.651. The number of hydrogen-bond acceptors (Lipinski definition) is 6. The molecule has 2 heterocycles. The summed E-state index contributed by atoms with van der Waals surface area (Å²) in [7, 11) is 1.58. The number of nitrogens with zero attached hydrogens (tertiary/aromatic N) is 1. The second-order valence-electron chi connectivity index (χ2n) is 6.07. The number of fused-ring (bicyclic) bond motifs is 1. The Morgan fingerprint density at radius 3 is 2.55 bits per heavy atom. The number of rotatable bonds is 4. The molecule has 1 amide bonds. The van der Waals surface area contributed by atoms with Crippen molar-refractivity contribution >= 4 is 34.2 Å². The predicted octanol–water partition coefficient (Wildman–Crippen LogP) is 4.36. The normalized spacial score (nSPS) is 13.2. The molecule has 29 heavy (non-hydrogen) atoms. The van der Waals surface area contributed by atoms with Crippen molar-refractivity contribution in [3.05, 3.63) is 89.9 Å². The van der Waals surface area contributed by atoms with Crippen LogP contribution in [0.3, 0.4) is 0 Å². The summed E-state index contributed by atoms with van der Waals surface area (Å²) in [6.07, 6.45) is 2.95. The number of carbonyl (C=O) groups is 2. The molecule has 0 saturated heterocycles. The van der Waals surface area contributed by atoms with Gasteiger partial charge in [-0.25, -0.2) is 4.79 Å². The number of carbonyl (C=O) groups excluding carboxylic acids is 2. The molecule has 0 aliphatic carbocycles. The van der Waals surface area contributed by atoms with Crippen LogP contribution in [-0.2, 0) is 9.53 Å². The third-order valence-electron chi connectivity index (χ3n) is 4.20. The number of ether oxygens (including phenoxy) is 2. The molecule has 0 unspecified atom stereocenters. The summed E-state index contributed by atoms with van der Waals surface area (Å²) in [5.41, 5.74) is 1.64. The number of nitrogens with one attached hydrogen (secondary N) is 1. The summed E-state index contributed by atoms with van der Waals surface area (Å²) in [6, 6.07) is 17.9. The Morgan fingerprint density at radius 1 is 1.03 bits per heavy atom. The highest BCUT2D eigenvalue weighted by atomic mass is 32.2. The second kappa shape index (κ2) is 8.20. The van der Waals surface area contributed by atoms with E-state index in [9.17, 15) is 9.59 Å². The van der Waals surface area contributed by atoms with Crippen molar-refractivity contribution in [2.45, 2.75) is 4.90 Å². The van der Waals surface area contributed by atoms with E-state index < -0.39 is 11.9 Å². The Kier molecular flexibility index (Phi) is 5.31. The minimum absolute atomic E-state index is 0.0646. The minimum Gasteiger partial charge on any atom is -0.497 e. The van der Waals surface area contributed by atoms with Crippen molar-refractivity contribution in [2.75, 3.05) is 12.4 Å². The molecule has 1 aliphatic heterocycles. The smallest absolute Gasteiger partial charge is 0.345 e. The van der Waals surface area contributed by atoms with Crippen molar-refractivity contribution in [1.29, 1.82) is 0 Å². The highest BCUT2D eigenvalue weighted by Gasteiger charge is 2.28. The Bertz CT molecular complexity index is 1100. The molecule has 0 saturated carbocycles. The van der Waals surface area contributed by atoms with Crippen LogP contribution in [0.5, 0.6) is 5.75 Å². The average Bonchev–Trinajstić information content (AvgIpc) is 2.91. The first kappa shape index (κ1) is 18.8. The van der Waals surface area contributed by atoms with Crippen LogP contribution in [0.1, 0.15) is 15.9 Å². The van der Waals surface area contributed by atoms with Crippen LogP contribution in [-0.4, -0.2) is 24.0 Å². The molecule has 0 radical (unpaired) electrons. The lowest BCUT2D eigenvalue weighted by atomic mass is 10.2. The number of esters is 1. The predicted molar refractivity (Wildman–Crippen MR) is 110 cm³/mol. The summed E-state index contributed by atoms with van der Waals surface area (Å²) < 4.78 is 10.8. The molecular weight excluding hydrogens is 388 g/mol. The van der Waals surface area contributed by atoms with E-state index in [2.05, 4.69) is 10.3 Å². The lowest BCUT2D eigenvalue weighted by molar-refractivity contribution is -0.115. The van der Waals surface area contributed by atoms with Crippen LogP contribution in [0.4, 0.5) is 5.69 Å². The number of anilines is 1. The van der Waals surface area contributed by atoms with Gasteiger partial charge in [-0.1, -0.05) is 36.0 Å². The lowest BCUT2D eigenvalue weighted by Gasteiger charge is -2.12. The molecule has 6 nitrogen and oxygen atoms in total. The molecule has 0 bridgehead atoms. The number of hydrogen-bond donors (Lipinski definition) is 1. The van der Waals surface area contributed by atoms with Crippen molar-refractivity contribution in [3.8, 4) is 5.75 Å². The highest BCUT2D eigenvalue weighted by Crippen LogP contribution is 2.43. The standard InChI is InChI=1S/C22H16N2O4S/c1-27-16-10-8-14(9-11-16)20-19(28-22(26)15-5-4-12-23-13-15)21(25)24-17-6-2-3-7-18(17)29-20/h2-13H,1H3,(H,24,25). The molecule has 0 spiro atoms. The molecular formula is C22H16N2O4S. The first-order valence-electron chi connectivity index (χ1n) is 8.75. The first-order valence-corrected chi connectivity index (χ1v) is 9.56. The number of aromatic nitrogens is 1. The topological polar surface area (TPSA) is 77.5 Å². The largest absolute Gasteiger partial charge is 0.497 e. The van der Waals surface area contributed by atoms with Gasteiger partial charge >= 0.3 is 5.97 Å². The number of amides is 1. The fourth-order valence-corrected chi connectivity index (χ4v) is 3.83. The van der Waals surface area contributed by atoms with Crippen LogP contribution in [0.15, 0.2) is 83.7 Å². The van der Waals surface area contributed by atoms with E-state index in [0.717, 1.165) is 10.5 Å². The molecule has 4 rings (SSSR count). The Balaban J connectivity index is 1.79. The zero-order valence-corrected chi connectivity index (χ0v) is 16.2. The van der Waals surface area contributed by atoms with Gasteiger partial charge in [-0.15, -0.1) is 0 Å². The van der Waals surface area contributed by atoms with Crippen LogP contribution < -0.4 is 10.1 Å². The van der Waals surface area contributed by atoms with Crippen molar-refractivity contribution < 1.29 is 19.1 Å². The van der Waals surface area contributed by atoms with Gasteiger partial charge in [-0.2, -0.15) is 0 Å². The number of benzene rings is 2. The molecule has 0 atom stereocenters. The molecule has 3 aromatic rings. The van der Waals surface area contributed by atoms with Gasteiger partial charge in [0.25, 0.3) is 5.91 Å². The van der Waals surface area contributed by atoms with Gasteiger partial charge in [0.05, 0.1) is 23.3 Å². The number of thioether (sulfide) groups is 1. The number of methoxy groups -OCH3 is 1. The fourth-order valence-electron chi connectivity index (χ4n) is 2.76. The van der Waals surface area contributed by atoms with Gasteiger partial charge in [-0.3, -0.25) is 9.78 Å². The van der Waals surface area contributed by atoms with E-state index >= 15 is 0 Å². The Hall–Kier alpha value is -3.58. The second-order valence-corrected chi connectivity index (χ2v) is 7.12. The zero-order valence-electron chi connectivity index (χ0n) is 15.4. The first-order chi connectivity index (χ1) is 14.2. The van der Waals surface area contributed by atoms with Crippen LogP contribution in [0.25, 0.3) is 4.91 Å². The van der Waals surface area contributed by atoms with E-state index in [1.54, 1.807) is 43.6 Å². The van der Waals surface area contributed by atoms with E-state index in [-0.39, 0.29) is 11.3 Å². The lowest BCUT2D eigenvalue weighted by Crippen LogP contribution is -2.19. The summed E-state index contributed by atoms with van der Waals surface area (Å²) in [5, 5.41) is 2.82.